The van der Waals surface area contributed by atoms with Crippen molar-refractivity contribution in [3.8, 4) is 0 Å². The van der Waals surface area contributed by atoms with Crippen molar-refractivity contribution in [2.45, 2.75) is 6.54 Å². The first kappa shape index (κ1) is 9.67. The maximum Gasteiger partial charge on any atom is 0.488 e. The second-order valence-electron chi connectivity index (χ2n) is 2.52. The van der Waals surface area contributed by atoms with Gasteiger partial charge in [0.15, 0.2) is 0 Å². The lowest BCUT2D eigenvalue weighted by molar-refractivity contribution is 0.426. The Kier molecular flexibility index (Phi) is 3.40. The topological polar surface area (TPSA) is 69.9 Å². The van der Waals surface area contributed by atoms with Crippen LogP contribution >= 0.6 is 0 Å². The predicted molar refractivity (Wildman–Crippen MR) is 48.1 cm³/mol. The molecular formula is C8H8BNO3. The van der Waals surface area contributed by atoms with Crippen LogP contribution in [0.4, 0.5) is 0 Å². The Bertz CT molecular complexity index is 317. The van der Waals surface area contributed by atoms with Gasteiger partial charge in [-0.15, -0.1) is 0 Å². The second kappa shape index (κ2) is 4.57. The van der Waals surface area contributed by atoms with E-state index in [0.29, 0.717) is 5.46 Å². The van der Waals surface area contributed by atoms with E-state index in [0.717, 1.165) is 5.56 Å². The van der Waals surface area contributed by atoms with Crippen molar-refractivity contribution in [2.24, 2.45) is 4.99 Å². The van der Waals surface area contributed by atoms with Crippen LogP contribution in [0.1, 0.15) is 5.56 Å². The van der Waals surface area contributed by atoms with E-state index in [2.05, 4.69) is 4.99 Å². The van der Waals surface area contributed by atoms with Crippen LogP contribution in [0, 0.1) is 0 Å². The Labute approximate surface area is 75.7 Å². The standard InChI is InChI=1S/C8H8BNO3/c11-6-10-5-7-1-3-8(4-2-7)9(12)13/h1-4,12-13H,5H2. The molecule has 0 radical (unpaired) electrons. The van der Waals surface area contributed by atoms with Crippen molar-refractivity contribution in [1.29, 1.82) is 0 Å². The number of carbonyl (C=O) groups excluding carboxylic acids is 1. The van der Waals surface area contributed by atoms with Crippen LogP contribution in [0.2, 0.25) is 0 Å². The third kappa shape index (κ3) is 2.84. The summed E-state index contributed by atoms with van der Waals surface area (Å²) >= 11 is 0. The Morgan fingerprint density at radius 3 is 2.38 bits per heavy atom. The normalized spacial score (nSPS) is 9.08. The molecule has 13 heavy (non-hydrogen) atoms. The lowest BCUT2D eigenvalue weighted by Crippen LogP contribution is -2.29. The fourth-order valence-electron chi connectivity index (χ4n) is 0.919. The molecule has 0 aliphatic heterocycles. The highest BCUT2D eigenvalue weighted by molar-refractivity contribution is 6.58. The molecule has 1 rings (SSSR count). The van der Waals surface area contributed by atoms with E-state index in [1.54, 1.807) is 24.3 Å². The highest BCUT2D eigenvalue weighted by Crippen LogP contribution is 1.98. The zero-order valence-electron chi connectivity index (χ0n) is 6.84. The van der Waals surface area contributed by atoms with E-state index < -0.39 is 7.12 Å². The first-order valence-electron chi connectivity index (χ1n) is 3.72. The van der Waals surface area contributed by atoms with Crippen LogP contribution in [-0.2, 0) is 11.3 Å². The summed E-state index contributed by atoms with van der Waals surface area (Å²) in [4.78, 5) is 13.2. The Hall–Kier alpha value is -1.42. The molecule has 0 spiro atoms. The fourth-order valence-corrected chi connectivity index (χ4v) is 0.919. The number of hydrogen-bond acceptors (Lipinski definition) is 4. The molecule has 0 amide bonds. The van der Waals surface area contributed by atoms with Crippen molar-refractivity contribution in [2.75, 3.05) is 0 Å². The maximum atomic E-state index is 9.78. The first-order chi connectivity index (χ1) is 6.24. The smallest absolute Gasteiger partial charge is 0.423 e. The van der Waals surface area contributed by atoms with Gasteiger partial charge < -0.3 is 10.0 Å². The third-order valence-corrected chi connectivity index (χ3v) is 1.60. The minimum atomic E-state index is -1.45. The van der Waals surface area contributed by atoms with Gasteiger partial charge in [0.05, 0.1) is 6.54 Å². The lowest BCUT2D eigenvalue weighted by atomic mass is 9.80. The third-order valence-electron chi connectivity index (χ3n) is 1.60. The van der Waals surface area contributed by atoms with Gasteiger partial charge in [-0.2, -0.15) is 0 Å². The summed E-state index contributed by atoms with van der Waals surface area (Å²) in [5.41, 5.74) is 1.24. The van der Waals surface area contributed by atoms with Crippen molar-refractivity contribution >= 4 is 18.7 Å². The SMILES string of the molecule is O=C=NCc1ccc(B(O)O)cc1. The van der Waals surface area contributed by atoms with Gasteiger partial charge in [-0.1, -0.05) is 24.3 Å². The molecule has 0 bridgehead atoms. The lowest BCUT2D eigenvalue weighted by Gasteiger charge is -1.99. The second-order valence-corrected chi connectivity index (χ2v) is 2.52. The minimum absolute atomic E-state index is 0.269. The van der Waals surface area contributed by atoms with Gasteiger partial charge in [-0.3, -0.25) is 0 Å². The van der Waals surface area contributed by atoms with Gasteiger partial charge in [0.1, 0.15) is 0 Å². The van der Waals surface area contributed by atoms with E-state index in [-0.39, 0.29) is 6.54 Å². The van der Waals surface area contributed by atoms with E-state index in [9.17, 15) is 4.79 Å². The average Bonchev–Trinajstić information content (AvgIpc) is 2.15. The molecule has 0 saturated carbocycles. The van der Waals surface area contributed by atoms with E-state index in [1.165, 1.54) is 6.08 Å². The minimum Gasteiger partial charge on any atom is -0.423 e. The van der Waals surface area contributed by atoms with E-state index in [1.807, 2.05) is 0 Å². The molecule has 0 fully saturated rings. The van der Waals surface area contributed by atoms with E-state index in [4.69, 9.17) is 10.0 Å². The van der Waals surface area contributed by atoms with Crippen LogP contribution < -0.4 is 5.46 Å². The fraction of sp³-hybridized carbons (Fsp3) is 0.125. The molecule has 0 aromatic heterocycles. The number of isocyanates is 1. The number of nitrogens with zero attached hydrogens (tertiary/aromatic N) is 1. The zero-order valence-corrected chi connectivity index (χ0v) is 6.84. The first-order valence-corrected chi connectivity index (χ1v) is 3.72. The van der Waals surface area contributed by atoms with Crippen molar-refractivity contribution in [3.63, 3.8) is 0 Å². The zero-order chi connectivity index (χ0) is 9.68. The summed E-state index contributed by atoms with van der Waals surface area (Å²) in [6.45, 7) is 0.269. The molecule has 0 aliphatic rings. The van der Waals surface area contributed by atoms with Gasteiger partial charge >= 0.3 is 7.12 Å². The monoisotopic (exact) mass is 177 g/mol. The molecule has 0 unspecified atom stereocenters. The van der Waals surface area contributed by atoms with Gasteiger partial charge in [-0.05, 0) is 11.0 Å². The summed E-state index contributed by atoms with van der Waals surface area (Å²) < 4.78 is 0. The molecule has 4 nitrogen and oxygen atoms in total. The van der Waals surface area contributed by atoms with Gasteiger partial charge in [0.25, 0.3) is 0 Å². The molecule has 1 aromatic rings. The number of aliphatic imine (C=N–C) groups is 1. The molecule has 0 heterocycles. The Morgan fingerprint density at radius 1 is 1.31 bits per heavy atom. The quantitative estimate of drug-likeness (QED) is 0.360. The molecule has 0 atom stereocenters. The van der Waals surface area contributed by atoms with Crippen LogP contribution in [0.5, 0.6) is 0 Å². The summed E-state index contributed by atoms with van der Waals surface area (Å²) in [5.74, 6) is 0. The van der Waals surface area contributed by atoms with Crippen LogP contribution in [0.15, 0.2) is 29.3 Å². The number of benzene rings is 1. The Morgan fingerprint density at radius 2 is 1.92 bits per heavy atom. The molecule has 2 N–H and O–H groups in total. The largest absolute Gasteiger partial charge is 0.488 e. The van der Waals surface area contributed by atoms with Crippen LogP contribution in [0.25, 0.3) is 0 Å². The molecule has 0 aliphatic carbocycles. The van der Waals surface area contributed by atoms with Gasteiger partial charge in [-0.25, -0.2) is 9.79 Å². The van der Waals surface area contributed by atoms with Gasteiger partial charge in [0, 0.05) is 0 Å². The molecule has 1 aromatic carbocycles. The van der Waals surface area contributed by atoms with E-state index >= 15 is 0 Å². The van der Waals surface area contributed by atoms with Crippen LogP contribution in [0.3, 0.4) is 0 Å². The summed E-state index contributed by atoms with van der Waals surface area (Å²) in [6.07, 6.45) is 1.43. The number of rotatable bonds is 3. The van der Waals surface area contributed by atoms with Crippen molar-refractivity contribution < 1.29 is 14.8 Å². The van der Waals surface area contributed by atoms with Crippen molar-refractivity contribution in [1.82, 2.24) is 0 Å². The highest BCUT2D eigenvalue weighted by Gasteiger charge is 2.09. The molecule has 66 valence electrons. The average molecular weight is 177 g/mol. The summed E-state index contributed by atoms with van der Waals surface area (Å²) in [5, 5.41) is 17.5. The summed E-state index contributed by atoms with van der Waals surface area (Å²) in [7, 11) is -1.45. The molecule has 5 heteroatoms. The van der Waals surface area contributed by atoms with Crippen molar-refractivity contribution in [3.05, 3.63) is 29.8 Å². The maximum absolute atomic E-state index is 9.78. The molecule has 0 saturated heterocycles. The summed E-state index contributed by atoms with van der Waals surface area (Å²) in [6, 6.07) is 6.49. The van der Waals surface area contributed by atoms with Gasteiger partial charge in [0.2, 0.25) is 6.08 Å². The molecular weight excluding hydrogens is 169 g/mol. The predicted octanol–water partition coefficient (Wildman–Crippen LogP) is -0.798. The Balaban J connectivity index is 2.75. The number of hydrogen-bond donors (Lipinski definition) is 2. The van der Waals surface area contributed by atoms with Crippen LogP contribution in [-0.4, -0.2) is 23.2 Å². The highest BCUT2D eigenvalue weighted by atomic mass is 16.4.